The Morgan fingerprint density at radius 1 is 0.962 bits per heavy atom. The van der Waals surface area contributed by atoms with Crippen molar-refractivity contribution in [2.45, 2.75) is 148 Å². The number of likely N-dealkylation sites (N-methyl/N-ethyl adjacent to an activating group) is 1. The van der Waals surface area contributed by atoms with E-state index in [-0.39, 0.29) is 30.8 Å². The molecule has 3 fully saturated rings. The van der Waals surface area contributed by atoms with Crippen LogP contribution in [0.2, 0.25) is 0 Å². The summed E-state index contributed by atoms with van der Waals surface area (Å²) in [6.07, 6.45) is -1.55. The molecule has 0 aromatic heterocycles. The Labute approximate surface area is 316 Å². The maximum atomic E-state index is 14.6. The van der Waals surface area contributed by atoms with Gasteiger partial charge in [0.15, 0.2) is 17.7 Å². The second-order valence-electron chi connectivity index (χ2n) is 16.3. The van der Waals surface area contributed by atoms with Crippen LogP contribution in [0.4, 0.5) is 4.79 Å². The average Bonchev–Trinajstić information content (AvgIpc) is 3.39. The smallest absolute Gasteiger partial charge is 0.410 e. The topological polar surface area (TPSA) is 141 Å². The van der Waals surface area contributed by atoms with E-state index in [1.807, 2.05) is 64.9 Å². The van der Waals surface area contributed by atoms with Crippen molar-refractivity contribution in [3.63, 3.8) is 0 Å². The normalized spacial score (nSPS) is 39.0. The van der Waals surface area contributed by atoms with Crippen molar-refractivity contribution in [3.05, 3.63) is 35.9 Å². The van der Waals surface area contributed by atoms with Gasteiger partial charge in [0, 0.05) is 37.5 Å². The van der Waals surface area contributed by atoms with Crippen molar-refractivity contribution in [1.29, 1.82) is 0 Å². The lowest BCUT2D eigenvalue weighted by Gasteiger charge is -2.47. The first-order valence-corrected chi connectivity index (χ1v) is 19.4. The summed E-state index contributed by atoms with van der Waals surface area (Å²) in [5, 5.41) is 11.4. The summed E-state index contributed by atoms with van der Waals surface area (Å²) >= 11 is 0. The fourth-order valence-corrected chi connectivity index (χ4v) is 8.96. The monoisotopic (exact) mass is 744 g/mol. The Morgan fingerprint density at radius 2 is 1.62 bits per heavy atom. The van der Waals surface area contributed by atoms with Crippen molar-refractivity contribution >= 4 is 23.6 Å². The molecular formula is C41H64N2O10. The molecule has 13 atom stereocenters. The van der Waals surface area contributed by atoms with Gasteiger partial charge in [-0.2, -0.15) is 0 Å². The number of hydrogen-bond acceptors (Lipinski definition) is 11. The van der Waals surface area contributed by atoms with Crippen molar-refractivity contribution < 1.29 is 48.0 Å². The van der Waals surface area contributed by atoms with E-state index in [2.05, 4.69) is 12.1 Å². The van der Waals surface area contributed by atoms with Crippen molar-refractivity contribution in [2.24, 2.45) is 23.7 Å². The summed E-state index contributed by atoms with van der Waals surface area (Å²) in [7, 11) is 5.25. The van der Waals surface area contributed by atoms with Crippen LogP contribution < -0.4 is 0 Å². The fraction of sp³-hybridized carbons (Fsp3) is 0.756. The van der Waals surface area contributed by atoms with Gasteiger partial charge in [-0.1, -0.05) is 58.0 Å². The summed E-state index contributed by atoms with van der Waals surface area (Å²) in [5.41, 5.74) is -1.41. The molecule has 0 saturated carbocycles. The molecule has 0 spiro atoms. The lowest BCUT2D eigenvalue weighted by atomic mass is 9.73. The molecule has 12 nitrogen and oxygen atoms in total. The maximum absolute atomic E-state index is 14.6. The van der Waals surface area contributed by atoms with E-state index >= 15 is 0 Å². The van der Waals surface area contributed by atoms with Crippen molar-refractivity contribution in [1.82, 2.24) is 9.80 Å². The second-order valence-corrected chi connectivity index (χ2v) is 16.3. The fourth-order valence-electron chi connectivity index (χ4n) is 8.96. The number of aryl methyl sites for hydroxylation is 1. The molecule has 3 aliphatic rings. The molecular weight excluding hydrogens is 680 g/mol. The molecule has 3 aliphatic heterocycles. The van der Waals surface area contributed by atoms with Gasteiger partial charge < -0.3 is 38.6 Å². The zero-order valence-corrected chi connectivity index (χ0v) is 33.7. The molecule has 3 heterocycles. The van der Waals surface area contributed by atoms with Crippen LogP contribution in [0.5, 0.6) is 0 Å². The van der Waals surface area contributed by atoms with Crippen LogP contribution in [-0.2, 0) is 44.5 Å². The number of unbranched alkanes of at least 4 members (excludes halogenated alkanes) is 1. The largest absolute Gasteiger partial charge is 0.458 e. The molecule has 53 heavy (non-hydrogen) atoms. The van der Waals surface area contributed by atoms with Gasteiger partial charge in [-0.3, -0.25) is 14.4 Å². The third-order valence-corrected chi connectivity index (χ3v) is 12.1. The molecule has 0 bridgehead atoms. The Bertz CT molecular complexity index is 1420. The molecule has 0 aliphatic carbocycles. The lowest BCUT2D eigenvalue weighted by molar-refractivity contribution is -0.295. The van der Waals surface area contributed by atoms with E-state index in [9.17, 15) is 24.3 Å². The number of hydrogen-bond donors (Lipinski definition) is 1. The minimum absolute atomic E-state index is 0.128. The van der Waals surface area contributed by atoms with E-state index in [1.165, 1.54) is 19.6 Å². The number of rotatable bonds is 10. The number of ether oxygens (including phenoxy) is 5. The van der Waals surface area contributed by atoms with E-state index < -0.39 is 83.4 Å². The summed E-state index contributed by atoms with van der Waals surface area (Å²) < 4.78 is 31.1. The highest BCUT2D eigenvalue weighted by Gasteiger charge is 2.60. The van der Waals surface area contributed by atoms with E-state index in [1.54, 1.807) is 25.7 Å². The number of aliphatic hydroxyl groups is 1. The van der Waals surface area contributed by atoms with Crippen LogP contribution in [0.15, 0.2) is 30.3 Å². The minimum atomic E-state index is -1.36. The number of ketones is 2. The highest BCUT2D eigenvalue weighted by Crippen LogP contribution is 2.43. The number of methoxy groups -OCH3 is 1. The summed E-state index contributed by atoms with van der Waals surface area (Å²) in [5.74, 6) is -4.81. The highest BCUT2D eigenvalue weighted by molar-refractivity contribution is 6.00. The first kappa shape index (κ1) is 42.8. The quantitative estimate of drug-likeness (QED) is 0.192. The van der Waals surface area contributed by atoms with Gasteiger partial charge in [0.2, 0.25) is 0 Å². The molecule has 1 aromatic rings. The number of amides is 1. The zero-order valence-electron chi connectivity index (χ0n) is 33.7. The predicted molar refractivity (Wildman–Crippen MR) is 199 cm³/mol. The number of nitrogens with zero attached hydrogens (tertiary/aromatic N) is 2. The number of esters is 1. The molecule has 298 valence electrons. The predicted octanol–water partition coefficient (Wildman–Crippen LogP) is 5.21. The molecule has 0 radical (unpaired) electrons. The highest BCUT2D eigenvalue weighted by atomic mass is 16.7. The summed E-state index contributed by atoms with van der Waals surface area (Å²) in [4.78, 5) is 60.0. The van der Waals surface area contributed by atoms with Crippen LogP contribution in [0.25, 0.3) is 0 Å². The van der Waals surface area contributed by atoms with Gasteiger partial charge in [0.1, 0.15) is 23.9 Å². The third kappa shape index (κ3) is 9.15. The number of carbonyl (C=O) groups excluding carboxylic acids is 4. The first-order chi connectivity index (χ1) is 24.9. The summed E-state index contributed by atoms with van der Waals surface area (Å²) in [6, 6.07) is 9.11. The molecule has 1 N–H and O–H groups in total. The van der Waals surface area contributed by atoms with Crippen LogP contribution in [0.1, 0.15) is 93.1 Å². The van der Waals surface area contributed by atoms with E-state index in [0.29, 0.717) is 19.4 Å². The SMILES string of the molecule is CCC1OC(=O)[C@H](C)C(=O)[C@H](C)[C@@H](O[C@@H]2O[C@H](C)C[C@H](N(C)C)[C@H]2O)[C@](C)(OC)C[C@@H](C)C(=O)[C@H](C)[C@H]2N(CCCCc3ccccc3)C(=O)O[C@]12C. The Kier molecular flexibility index (Phi) is 14.3. The van der Waals surface area contributed by atoms with Crippen LogP contribution in [0.3, 0.4) is 0 Å². The van der Waals surface area contributed by atoms with Crippen LogP contribution in [0, 0.1) is 23.7 Å². The molecule has 1 unspecified atom stereocenters. The van der Waals surface area contributed by atoms with Gasteiger partial charge in [0.05, 0.1) is 23.9 Å². The average molecular weight is 745 g/mol. The van der Waals surface area contributed by atoms with Crippen LogP contribution >= 0.6 is 0 Å². The number of Topliss-reactive ketones (excluding diaryl/α,β-unsaturated/α-hetero) is 2. The second kappa shape index (κ2) is 17.7. The van der Waals surface area contributed by atoms with Gasteiger partial charge in [-0.05, 0) is 85.9 Å². The molecule has 4 rings (SSSR count). The lowest BCUT2D eigenvalue weighted by Crippen LogP contribution is -2.60. The molecule has 3 saturated heterocycles. The first-order valence-electron chi connectivity index (χ1n) is 19.4. The number of carbonyl (C=O) groups is 4. The number of aliphatic hydroxyl groups excluding tert-OH is 1. The van der Waals surface area contributed by atoms with Gasteiger partial charge in [-0.25, -0.2) is 4.79 Å². The summed E-state index contributed by atoms with van der Waals surface area (Å²) in [6.45, 7) is 14.4. The van der Waals surface area contributed by atoms with E-state index in [4.69, 9.17) is 23.7 Å². The zero-order chi connectivity index (χ0) is 39.4. The van der Waals surface area contributed by atoms with Crippen molar-refractivity contribution in [3.8, 4) is 0 Å². The minimum Gasteiger partial charge on any atom is -0.458 e. The molecule has 1 aromatic carbocycles. The molecule has 12 heteroatoms. The van der Waals surface area contributed by atoms with Crippen LogP contribution in [-0.4, -0.2) is 120 Å². The Hall–Kier alpha value is -2.90. The maximum Gasteiger partial charge on any atom is 0.410 e. The van der Waals surface area contributed by atoms with E-state index in [0.717, 1.165) is 12.8 Å². The number of benzene rings is 1. The standard InChI is InChI=1S/C41H64N2O10/c1-12-31-41(8)35(43(39(48)53-41)21-17-16-20-29-18-14-13-15-19-29)26(4)32(44)24(2)23-40(7,49-11)36(27(5)33(45)28(6)37(47)51-31)52-38-34(46)30(42(9)10)22-25(3)50-38/h13-15,18-19,24-28,30-31,34-36,38,46H,12,16-17,20-23H2,1-11H3/t24-,25-,26+,27+,28-,30+,31?,34-,35-,36-,38+,40-,41-/m1/s1. The molecule has 1 amide bonds. The van der Waals surface area contributed by atoms with Gasteiger partial charge in [0.25, 0.3) is 0 Å². The number of fused-ring (bicyclic) bond motifs is 1. The number of cyclic esters (lactones) is 1. The van der Waals surface area contributed by atoms with Gasteiger partial charge in [-0.15, -0.1) is 0 Å². The Balaban J connectivity index is 1.71. The van der Waals surface area contributed by atoms with Gasteiger partial charge >= 0.3 is 12.1 Å². The Morgan fingerprint density at radius 3 is 2.23 bits per heavy atom. The third-order valence-electron chi connectivity index (χ3n) is 12.1. The van der Waals surface area contributed by atoms with Crippen molar-refractivity contribution in [2.75, 3.05) is 27.7 Å².